The van der Waals surface area contributed by atoms with Gasteiger partial charge in [0.1, 0.15) is 5.75 Å². The second kappa shape index (κ2) is 6.60. The molecule has 0 aliphatic heterocycles. The minimum absolute atomic E-state index is 0.0727. The Morgan fingerprint density at radius 3 is 2.76 bits per heavy atom. The summed E-state index contributed by atoms with van der Waals surface area (Å²) in [6.07, 6.45) is 1.41. The maximum atomic E-state index is 11.9. The summed E-state index contributed by atoms with van der Waals surface area (Å²) in [5.74, 6) is 0.200. The molecule has 0 fully saturated rings. The number of amides is 2. The zero-order valence-corrected chi connectivity index (χ0v) is 11.8. The van der Waals surface area contributed by atoms with Gasteiger partial charge in [0.05, 0.1) is 19.9 Å². The van der Waals surface area contributed by atoms with Crippen LogP contribution in [0, 0.1) is 0 Å². The number of hydrogen-bond donors (Lipinski definition) is 1. The number of nitrogens with one attached hydrogen (secondary N) is 1. The molecule has 6 heteroatoms. The number of rotatable bonds is 5. The second-order valence-electron chi connectivity index (χ2n) is 4.42. The molecule has 1 aromatic carbocycles. The lowest BCUT2D eigenvalue weighted by Gasteiger charge is -2.15. The third-order valence-electron chi connectivity index (χ3n) is 2.81. The van der Waals surface area contributed by atoms with Gasteiger partial charge in [-0.15, -0.1) is 0 Å². The van der Waals surface area contributed by atoms with Crippen LogP contribution in [-0.4, -0.2) is 37.4 Å². The maximum absolute atomic E-state index is 11.9. The Labute approximate surface area is 122 Å². The van der Waals surface area contributed by atoms with Crippen LogP contribution in [0.15, 0.2) is 47.1 Å². The van der Waals surface area contributed by atoms with Crippen molar-refractivity contribution >= 4 is 17.5 Å². The largest absolute Gasteiger partial charge is 0.497 e. The lowest BCUT2D eigenvalue weighted by Crippen LogP contribution is -2.34. The van der Waals surface area contributed by atoms with Gasteiger partial charge >= 0.3 is 0 Å². The zero-order valence-electron chi connectivity index (χ0n) is 11.8. The van der Waals surface area contributed by atoms with Gasteiger partial charge in [-0.3, -0.25) is 9.59 Å². The highest BCUT2D eigenvalue weighted by molar-refractivity contribution is 5.97. The fourth-order valence-corrected chi connectivity index (χ4v) is 1.78. The predicted molar refractivity (Wildman–Crippen MR) is 77.3 cm³/mol. The monoisotopic (exact) mass is 288 g/mol. The SMILES string of the molecule is COc1cccc(NC(=O)CN(C)C(=O)c2ccco2)c1. The van der Waals surface area contributed by atoms with E-state index in [1.54, 1.807) is 43.5 Å². The highest BCUT2D eigenvalue weighted by atomic mass is 16.5. The topological polar surface area (TPSA) is 71.8 Å². The standard InChI is InChI=1S/C15H16N2O4/c1-17(15(19)13-7-4-8-21-13)10-14(18)16-11-5-3-6-12(9-11)20-2/h3-9H,10H2,1-2H3,(H,16,18). The number of likely N-dealkylation sites (N-methyl/N-ethyl adjacent to an activating group) is 1. The Hall–Kier alpha value is -2.76. The lowest BCUT2D eigenvalue weighted by molar-refractivity contribution is -0.116. The maximum Gasteiger partial charge on any atom is 0.289 e. The molecule has 0 aliphatic carbocycles. The lowest BCUT2D eigenvalue weighted by atomic mass is 10.3. The van der Waals surface area contributed by atoms with Gasteiger partial charge in [-0.05, 0) is 24.3 Å². The van der Waals surface area contributed by atoms with Gasteiger partial charge in [-0.25, -0.2) is 0 Å². The quantitative estimate of drug-likeness (QED) is 0.913. The van der Waals surface area contributed by atoms with Crippen molar-refractivity contribution in [1.82, 2.24) is 4.90 Å². The summed E-state index contributed by atoms with van der Waals surface area (Å²) in [5, 5.41) is 2.70. The van der Waals surface area contributed by atoms with E-state index in [1.165, 1.54) is 18.2 Å². The summed E-state index contributed by atoms with van der Waals surface area (Å²) in [6, 6.07) is 10.2. The Balaban J connectivity index is 1.93. The smallest absolute Gasteiger partial charge is 0.289 e. The average Bonchev–Trinajstić information content (AvgIpc) is 3.00. The van der Waals surface area contributed by atoms with Crippen molar-refractivity contribution < 1.29 is 18.7 Å². The van der Waals surface area contributed by atoms with Crippen LogP contribution in [0.1, 0.15) is 10.6 Å². The number of benzene rings is 1. The Morgan fingerprint density at radius 1 is 1.29 bits per heavy atom. The normalized spacial score (nSPS) is 10.0. The summed E-state index contributed by atoms with van der Waals surface area (Å²) in [5.41, 5.74) is 0.609. The molecule has 2 amide bonds. The number of hydrogen-bond acceptors (Lipinski definition) is 4. The van der Waals surface area contributed by atoms with Crippen molar-refractivity contribution in [2.45, 2.75) is 0 Å². The molecule has 6 nitrogen and oxygen atoms in total. The van der Waals surface area contributed by atoms with Gasteiger partial charge < -0.3 is 19.4 Å². The van der Waals surface area contributed by atoms with E-state index in [4.69, 9.17) is 9.15 Å². The van der Waals surface area contributed by atoms with Crippen LogP contribution in [0.3, 0.4) is 0 Å². The van der Waals surface area contributed by atoms with Crippen molar-refractivity contribution in [3.63, 3.8) is 0 Å². The van der Waals surface area contributed by atoms with E-state index in [1.807, 2.05) is 0 Å². The van der Waals surface area contributed by atoms with Gasteiger partial charge in [-0.2, -0.15) is 0 Å². The van der Waals surface area contributed by atoms with E-state index in [2.05, 4.69) is 5.32 Å². The van der Waals surface area contributed by atoms with Crippen LogP contribution in [0.2, 0.25) is 0 Å². The summed E-state index contributed by atoms with van der Waals surface area (Å²) < 4.78 is 10.1. The molecule has 1 heterocycles. The molecule has 0 atom stereocenters. The summed E-state index contributed by atoms with van der Waals surface area (Å²) >= 11 is 0. The molecular formula is C15H16N2O4. The minimum atomic E-state index is -0.346. The van der Waals surface area contributed by atoms with Crippen LogP contribution >= 0.6 is 0 Å². The Bertz CT molecular complexity index is 622. The molecule has 0 aliphatic rings. The Morgan fingerprint density at radius 2 is 2.10 bits per heavy atom. The second-order valence-corrected chi connectivity index (χ2v) is 4.42. The van der Waals surface area contributed by atoms with Crippen molar-refractivity contribution in [1.29, 1.82) is 0 Å². The first-order chi connectivity index (χ1) is 10.1. The molecule has 1 N–H and O–H groups in total. The molecule has 0 bridgehead atoms. The van der Waals surface area contributed by atoms with Crippen LogP contribution < -0.4 is 10.1 Å². The predicted octanol–water partition coefficient (Wildman–Crippen LogP) is 2.00. The van der Waals surface area contributed by atoms with Crippen LogP contribution in [-0.2, 0) is 4.79 Å². The summed E-state index contributed by atoms with van der Waals surface area (Å²) in [6.45, 7) is -0.0727. The van der Waals surface area contributed by atoms with Gasteiger partial charge in [0, 0.05) is 18.8 Å². The van der Waals surface area contributed by atoms with Gasteiger partial charge in [-0.1, -0.05) is 6.07 Å². The third-order valence-corrected chi connectivity index (χ3v) is 2.81. The average molecular weight is 288 g/mol. The number of furan rings is 1. The van der Waals surface area contributed by atoms with Crippen molar-refractivity contribution in [3.05, 3.63) is 48.4 Å². The van der Waals surface area contributed by atoms with E-state index in [-0.39, 0.29) is 24.1 Å². The highest BCUT2D eigenvalue weighted by Crippen LogP contribution is 2.16. The number of anilines is 1. The van der Waals surface area contributed by atoms with E-state index in [0.717, 1.165) is 0 Å². The molecule has 0 radical (unpaired) electrons. The van der Waals surface area contributed by atoms with E-state index in [0.29, 0.717) is 11.4 Å². The van der Waals surface area contributed by atoms with Crippen molar-refractivity contribution in [2.24, 2.45) is 0 Å². The third kappa shape index (κ3) is 3.85. The molecule has 0 saturated carbocycles. The fraction of sp³-hybridized carbons (Fsp3) is 0.200. The first-order valence-electron chi connectivity index (χ1n) is 6.33. The molecule has 110 valence electrons. The first kappa shape index (κ1) is 14.6. The number of ether oxygens (including phenoxy) is 1. The first-order valence-corrected chi connectivity index (χ1v) is 6.33. The van der Waals surface area contributed by atoms with E-state index < -0.39 is 0 Å². The van der Waals surface area contributed by atoms with Gasteiger partial charge in [0.2, 0.25) is 5.91 Å². The number of methoxy groups -OCH3 is 1. The van der Waals surface area contributed by atoms with Gasteiger partial charge in [0.15, 0.2) is 5.76 Å². The molecule has 0 spiro atoms. The molecule has 0 saturated heterocycles. The van der Waals surface area contributed by atoms with Crippen LogP contribution in [0.4, 0.5) is 5.69 Å². The molecule has 21 heavy (non-hydrogen) atoms. The molecule has 2 rings (SSSR count). The molecular weight excluding hydrogens is 272 g/mol. The van der Waals surface area contributed by atoms with Crippen molar-refractivity contribution in [3.8, 4) is 5.75 Å². The van der Waals surface area contributed by atoms with Crippen LogP contribution in [0.5, 0.6) is 5.75 Å². The zero-order chi connectivity index (χ0) is 15.2. The van der Waals surface area contributed by atoms with Gasteiger partial charge in [0.25, 0.3) is 5.91 Å². The summed E-state index contributed by atoms with van der Waals surface area (Å²) in [7, 11) is 3.09. The number of carbonyl (C=O) groups is 2. The highest BCUT2D eigenvalue weighted by Gasteiger charge is 2.17. The number of carbonyl (C=O) groups excluding carboxylic acids is 2. The Kier molecular flexibility index (Phi) is 4.61. The molecule has 2 aromatic rings. The van der Waals surface area contributed by atoms with E-state index >= 15 is 0 Å². The minimum Gasteiger partial charge on any atom is -0.497 e. The summed E-state index contributed by atoms with van der Waals surface area (Å²) in [4.78, 5) is 25.1. The number of nitrogens with zero attached hydrogens (tertiary/aromatic N) is 1. The fourth-order valence-electron chi connectivity index (χ4n) is 1.78. The van der Waals surface area contributed by atoms with E-state index in [9.17, 15) is 9.59 Å². The molecule has 0 unspecified atom stereocenters. The van der Waals surface area contributed by atoms with Crippen molar-refractivity contribution in [2.75, 3.05) is 26.0 Å². The molecule has 1 aromatic heterocycles. The van der Waals surface area contributed by atoms with Crippen LogP contribution in [0.25, 0.3) is 0 Å².